The Bertz CT molecular complexity index is 695. The number of benzene rings is 2. The Morgan fingerprint density at radius 2 is 1.79 bits per heavy atom. The van der Waals surface area contributed by atoms with Gasteiger partial charge in [-0.25, -0.2) is 0 Å². The van der Waals surface area contributed by atoms with Crippen LogP contribution in [0.5, 0.6) is 0 Å². The number of nitrogens with one attached hydrogen (secondary N) is 1. The number of nitrogens with two attached hydrogens (primary N) is 1. The van der Waals surface area contributed by atoms with Gasteiger partial charge in [-0.2, -0.15) is 11.8 Å². The minimum atomic E-state index is -0.668. The molecule has 0 heterocycles. The zero-order chi connectivity index (χ0) is 17.7. The van der Waals surface area contributed by atoms with Crippen molar-refractivity contribution >= 4 is 23.4 Å². The lowest BCUT2D eigenvalue weighted by atomic mass is 10.0. The molecule has 1 amide bonds. The molecule has 4 heteroatoms. The zero-order valence-corrected chi connectivity index (χ0v) is 15.6. The van der Waals surface area contributed by atoms with Gasteiger partial charge in [0.1, 0.15) is 6.04 Å². The van der Waals surface area contributed by atoms with E-state index in [-0.39, 0.29) is 5.91 Å². The quantitative estimate of drug-likeness (QED) is 0.807. The smallest absolute Gasteiger partial charge is 0.245 e. The lowest BCUT2D eigenvalue weighted by Crippen LogP contribution is -2.28. The third-order valence-corrected chi connectivity index (χ3v) is 5.14. The molecule has 0 saturated heterocycles. The highest BCUT2D eigenvalue weighted by molar-refractivity contribution is 7.99. The van der Waals surface area contributed by atoms with Gasteiger partial charge in [0, 0.05) is 11.4 Å². The summed E-state index contributed by atoms with van der Waals surface area (Å²) in [6.45, 7) is 8.43. The minimum Gasteiger partial charge on any atom is -0.324 e. The summed E-state index contributed by atoms with van der Waals surface area (Å²) in [6.07, 6.45) is 0. The molecule has 0 aliphatic heterocycles. The lowest BCUT2D eigenvalue weighted by molar-refractivity contribution is -0.117. The molecule has 0 radical (unpaired) electrons. The van der Waals surface area contributed by atoms with Crippen LogP contribution in [0.4, 0.5) is 5.69 Å². The summed E-state index contributed by atoms with van der Waals surface area (Å²) in [6, 6.07) is 13.1. The second kappa shape index (κ2) is 8.36. The fourth-order valence-electron chi connectivity index (χ4n) is 2.37. The van der Waals surface area contributed by atoms with E-state index in [0.717, 1.165) is 28.1 Å². The Labute approximate surface area is 149 Å². The average Bonchev–Trinajstić information content (AvgIpc) is 2.55. The third-order valence-electron chi connectivity index (χ3n) is 3.99. The fourth-order valence-corrected chi connectivity index (χ4v) is 3.19. The number of hydrogen-bond donors (Lipinski definition) is 2. The number of aryl methyl sites for hydroxylation is 1. The maximum atomic E-state index is 12.5. The number of hydrogen-bond acceptors (Lipinski definition) is 3. The van der Waals surface area contributed by atoms with E-state index in [0.29, 0.717) is 5.25 Å². The van der Waals surface area contributed by atoms with Gasteiger partial charge < -0.3 is 11.1 Å². The van der Waals surface area contributed by atoms with E-state index in [9.17, 15) is 4.79 Å². The molecule has 0 spiro atoms. The van der Waals surface area contributed by atoms with Crippen molar-refractivity contribution in [3.8, 4) is 0 Å². The minimum absolute atomic E-state index is 0.185. The van der Waals surface area contributed by atoms with Crippen molar-refractivity contribution in [2.45, 2.75) is 44.7 Å². The predicted molar refractivity (Wildman–Crippen MR) is 104 cm³/mol. The van der Waals surface area contributed by atoms with Gasteiger partial charge in [-0.1, -0.05) is 55.8 Å². The monoisotopic (exact) mass is 342 g/mol. The van der Waals surface area contributed by atoms with Gasteiger partial charge in [0.25, 0.3) is 0 Å². The maximum absolute atomic E-state index is 12.5. The van der Waals surface area contributed by atoms with Gasteiger partial charge in [-0.15, -0.1) is 0 Å². The van der Waals surface area contributed by atoms with E-state index >= 15 is 0 Å². The number of rotatable bonds is 6. The van der Waals surface area contributed by atoms with E-state index in [1.54, 1.807) is 0 Å². The molecule has 0 bridgehead atoms. The highest BCUT2D eigenvalue weighted by Gasteiger charge is 2.17. The molecule has 2 aromatic rings. The van der Waals surface area contributed by atoms with Crippen LogP contribution in [0.25, 0.3) is 0 Å². The largest absolute Gasteiger partial charge is 0.324 e. The summed E-state index contributed by atoms with van der Waals surface area (Å²) in [7, 11) is 0. The maximum Gasteiger partial charge on any atom is 0.245 e. The molecule has 3 N–H and O–H groups in total. The third kappa shape index (κ3) is 4.86. The summed E-state index contributed by atoms with van der Waals surface area (Å²) < 4.78 is 0. The van der Waals surface area contributed by atoms with E-state index in [2.05, 4.69) is 25.2 Å². The molecule has 0 saturated carbocycles. The second-order valence-corrected chi connectivity index (χ2v) is 7.89. The van der Waals surface area contributed by atoms with E-state index in [1.807, 2.05) is 62.0 Å². The number of carbonyl (C=O) groups excluding carboxylic acids is 1. The number of thioether (sulfide) groups is 1. The van der Waals surface area contributed by atoms with Gasteiger partial charge in [-0.3, -0.25) is 4.79 Å². The second-order valence-electron chi connectivity index (χ2n) is 6.33. The molecular formula is C20H26N2OS. The molecule has 2 aromatic carbocycles. The first-order valence-electron chi connectivity index (χ1n) is 8.21. The summed E-state index contributed by atoms with van der Waals surface area (Å²) in [5.41, 5.74) is 11.3. The molecule has 0 aliphatic rings. The summed E-state index contributed by atoms with van der Waals surface area (Å²) in [5, 5.41) is 3.56. The molecule has 128 valence electrons. The molecular weight excluding hydrogens is 316 g/mol. The van der Waals surface area contributed by atoms with Gasteiger partial charge in [0.2, 0.25) is 5.91 Å². The van der Waals surface area contributed by atoms with Crippen LogP contribution in [0.1, 0.15) is 42.1 Å². The summed E-state index contributed by atoms with van der Waals surface area (Å²) in [4.78, 5) is 12.5. The Morgan fingerprint density at radius 3 is 2.42 bits per heavy atom. The topological polar surface area (TPSA) is 55.1 Å². The van der Waals surface area contributed by atoms with Crippen molar-refractivity contribution in [3.05, 3.63) is 64.7 Å². The Balaban J connectivity index is 2.10. The lowest BCUT2D eigenvalue weighted by Gasteiger charge is -2.16. The standard InChI is InChI=1S/C20H26N2OS/c1-13(2)24-12-17-6-5-7-18(15(17)4)22-20(23)19(21)16-10-8-14(3)9-11-16/h5-11,13,19H,12,21H2,1-4H3,(H,22,23). The molecule has 2 rings (SSSR count). The molecule has 1 atom stereocenters. The van der Waals surface area contributed by atoms with E-state index in [1.165, 1.54) is 5.56 Å². The molecule has 0 aromatic heterocycles. The van der Waals surface area contributed by atoms with Crippen molar-refractivity contribution in [2.24, 2.45) is 5.73 Å². The Kier molecular flexibility index (Phi) is 6.46. The van der Waals surface area contributed by atoms with Gasteiger partial charge >= 0.3 is 0 Å². The average molecular weight is 343 g/mol. The number of amides is 1. The van der Waals surface area contributed by atoms with Crippen LogP contribution >= 0.6 is 11.8 Å². The molecule has 0 aliphatic carbocycles. The van der Waals surface area contributed by atoms with Gasteiger partial charge in [-0.05, 0) is 41.9 Å². The number of anilines is 1. The SMILES string of the molecule is Cc1ccc(C(N)C(=O)Nc2cccc(CSC(C)C)c2C)cc1. The Hall–Kier alpha value is -1.78. The first kappa shape index (κ1) is 18.6. The normalized spacial score (nSPS) is 12.2. The Morgan fingerprint density at radius 1 is 1.12 bits per heavy atom. The fraction of sp³-hybridized carbons (Fsp3) is 0.350. The number of carbonyl (C=O) groups is 1. The van der Waals surface area contributed by atoms with Crippen LogP contribution < -0.4 is 11.1 Å². The van der Waals surface area contributed by atoms with Crippen LogP contribution in [0, 0.1) is 13.8 Å². The van der Waals surface area contributed by atoms with Crippen molar-refractivity contribution in [1.29, 1.82) is 0 Å². The molecule has 3 nitrogen and oxygen atoms in total. The van der Waals surface area contributed by atoms with Crippen LogP contribution in [-0.2, 0) is 10.5 Å². The van der Waals surface area contributed by atoms with E-state index in [4.69, 9.17) is 5.73 Å². The molecule has 1 unspecified atom stereocenters. The van der Waals surface area contributed by atoms with Crippen molar-refractivity contribution in [1.82, 2.24) is 0 Å². The highest BCUT2D eigenvalue weighted by atomic mass is 32.2. The first-order valence-corrected chi connectivity index (χ1v) is 9.26. The van der Waals surface area contributed by atoms with Crippen LogP contribution in [0.15, 0.2) is 42.5 Å². The van der Waals surface area contributed by atoms with Gasteiger partial charge in [0.15, 0.2) is 0 Å². The zero-order valence-electron chi connectivity index (χ0n) is 14.8. The van der Waals surface area contributed by atoms with Crippen molar-refractivity contribution in [3.63, 3.8) is 0 Å². The van der Waals surface area contributed by atoms with E-state index < -0.39 is 6.04 Å². The van der Waals surface area contributed by atoms with Crippen molar-refractivity contribution in [2.75, 3.05) is 5.32 Å². The highest BCUT2D eigenvalue weighted by Crippen LogP contribution is 2.25. The summed E-state index contributed by atoms with van der Waals surface area (Å²) in [5.74, 6) is 0.757. The van der Waals surface area contributed by atoms with Crippen LogP contribution in [0.3, 0.4) is 0 Å². The predicted octanol–water partition coefficient (Wildman–Crippen LogP) is 4.58. The van der Waals surface area contributed by atoms with Crippen LogP contribution in [0.2, 0.25) is 0 Å². The summed E-state index contributed by atoms with van der Waals surface area (Å²) >= 11 is 1.89. The first-order chi connectivity index (χ1) is 11.4. The van der Waals surface area contributed by atoms with Gasteiger partial charge in [0.05, 0.1) is 0 Å². The van der Waals surface area contributed by atoms with Crippen molar-refractivity contribution < 1.29 is 4.79 Å². The van der Waals surface area contributed by atoms with Crippen LogP contribution in [-0.4, -0.2) is 11.2 Å². The molecule has 24 heavy (non-hydrogen) atoms. The molecule has 0 fully saturated rings.